The van der Waals surface area contributed by atoms with Crippen molar-refractivity contribution in [1.82, 2.24) is 9.88 Å². The summed E-state index contributed by atoms with van der Waals surface area (Å²) in [5.41, 5.74) is 0.893. The quantitative estimate of drug-likeness (QED) is 0.748. The first-order chi connectivity index (χ1) is 12.6. The maximum Gasteiger partial charge on any atom is 0.308 e. The van der Waals surface area contributed by atoms with Crippen LogP contribution in [-0.2, 0) is 20.7 Å². The lowest BCUT2D eigenvalue weighted by molar-refractivity contribution is -0.148. The van der Waals surface area contributed by atoms with Gasteiger partial charge in [0.15, 0.2) is 11.7 Å². The standard InChI is InChI=1S/C19H21ClN2O4/c1-25-19(24)14-8-10-22(11-9-14)18(23)7-6-17-21-12-16(26-17)13-2-4-15(20)5-3-13/h2-5,12,14H,6-11H2,1H3. The molecule has 1 aliphatic heterocycles. The Balaban J connectivity index is 1.49. The molecule has 0 atom stereocenters. The van der Waals surface area contributed by atoms with E-state index >= 15 is 0 Å². The van der Waals surface area contributed by atoms with Crippen LogP contribution in [0.3, 0.4) is 0 Å². The molecule has 26 heavy (non-hydrogen) atoms. The summed E-state index contributed by atoms with van der Waals surface area (Å²) in [6, 6.07) is 7.31. The van der Waals surface area contributed by atoms with Gasteiger partial charge < -0.3 is 14.1 Å². The van der Waals surface area contributed by atoms with Gasteiger partial charge in [-0.05, 0) is 37.1 Å². The van der Waals surface area contributed by atoms with Gasteiger partial charge >= 0.3 is 5.97 Å². The Bertz CT molecular complexity index is 764. The summed E-state index contributed by atoms with van der Waals surface area (Å²) in [5.74, 6) is 0.958. The van der Waals surface area contributed by atoms with Gasteiger partial charge in [0.2, 0.25) is 5.91 Å². The molecule has 0 N–H and O–H groups in total. The van der Waals surface area contributed by atoms with Gasteiger partial charge in [-0.3, -0.25) is 9.59 Å². The zero-order chi connectivity index (χ0) is 18.5. The van der Waals surface area contributed by atoms with Crippen molar-refractivity contribution >= 4 is 23.5 Å². The highest BCUT2D eigenvalue weighted by Gasteiger charge is 2.27. The van der Waals surface area contributed by atoms with Crippen molar-refractivity contribution in [2.24, 2.45) is 5.92 Å². The second-order valence-electron chi connectivity index (χ2n) is 6.30. The van der Waals surface area contributed by atoms with Gasteiger partial charge in [0.25, 0.3) is 0 Å². The molecule has 0 aliphatic carbocycles. The molecule has 0 spiro atoms. The molecule has 1 fully saturated rings. The highest BCUT2D eigenvalue weighted by molar-refractivity contribution is 6.30. The zero-order valence-corrected chi connectivity index (χ0v) is 15.4. The molecule has 0 bridgehead atoms. The molecule has 0 saturated carbocycles. The third-order valence-corrected chi connectivity index (χ3v) is 4.87. The number of likely N-dealkylation sites (tertiary alicyclic amines) is 1. The number of hydrogen-bond acceptors (Lipinski definition) is 5. The number of carbonyl (C=O) groups excluding carboxylic acids is 2. The molecular weight excluding hydrogens is 356 g/mol. The number of rotatable bonds is 5. The van der Waals surface area contributed by atoms with Crippen LogP contribution >= 0.6 is 11.6 Å². The van der Waals surface area contributed by atoms with E-state index in [1.807, 2.05) is 12.1 Å². The van der Waals surface area contributed by atoms with Gasteiger partial charge in [-0.15, -0.1) is 0 Å². The first kappa shape index (κ1) is 18.5. The highest BCUT2D eigenvalue weighted by Crippen LogP contribution is 2.23. The fourth-order valence-corrected chi connectivity index (χ4v) is 3.20. The topological polar surface area (TPSA) is 72.6 Å². The lowest BCUT2D eigenvalue weighted by Gasteiger charge is -2.30. The summed E-state index contributed by atoms with van der Waals surface area (Å²) in [6.45, 7) is 1.17. The molecule has 6 nitrogen and oxygen atoms in total. The van der Waals surface area contributed by atoms with E-state index in [2.05, 4.69) is 4.98 Å². The third kappa shape index (κ3) is 4.43. The molecule has 7 heteroatoms. The Labute approximate surface area is 157 Å². The van der Waals surface area contributed by atoms with Gasteiger partial charge in [-0.1, -0.05) is 11.6 Å². The van der Waals surface area contributed by atoms with Crippen molar-refractivity contribution < 1.29 is 18.7 Å². The lowest BCUT2D eigenvalue weighted by atomic mass is 9.97. The maximum absolute atomic E-state index is 12.4. The number of aromatic nitrogens is 1. The highest BCUT2D eigenvalue weighted by atomic mass is 35.5. The Hall–Kier alpha value is -2.34. The van der Waals surface area contributed by atoms with E-state index in [9.17, 15) is 9.59 Å². The van der Waals surface area contributed by atoms with E-state index in [-0.39, 0.29) is 17.8 Å². The van der Waals surface area contributed by atoms with Gasteiger partial charge in [0.05, 0.1) is 19.2 Å². The van der Waals surface area contributed by atoms with Gasteiger partial charge in [-0.25, -0.2) is 4.98 Å². The summed E-state index contributed by atoms with van der Waals surface area (Å²) in [6.07, 6.45) is 3.74. The molecule has 138 valence electrons. The van der Waals surface area contributed by atoms with Crippen LogP contribution in [0, 0.1) is 5.92 Å². The third-order valence-electron chi connectivity index (χ3n) is 4.62. The molecule has 1 aliphatic rings. The number of carbonyl (C=O) groups is 2. The van der Waals surface area contributed by atoms with Crippen LogP contribution in [0.25, 0.3) is 11.3 Å². The molecular formula is C19H21ClN2O4. The summed E-state index contributed by atoms with van der Waals surface area (Å²) in [5, 5.41) is 0.662. The first-order valence-corrected chi connectivity index (χ1v) is 9.01. The molecule has 2 aromatic rings. The van der Waals surface area contributed by atoms with Gasteiger partial charge in [0, 0.05) is 36.5 Å². The Morgan fingerprint density at radius 1 is 1.27 bits per heavy atom. The zero-order valence-electron chi connectivity index (χ0n) is 14.6. The smallest absolute Gasteiger partial charge is 0.308 e. The van der Waals surface area contributed by atoms with Crippen molar-refractivity contribution in [3.05, 3.63) is 41.4 Å². The van der Waals surface area contributed by atoms with Gasteiger partial charge in [-0.2, -0.15) is 0 Å². The van der Waals surface area contributed by atoms with E-state index in [1.54, 1.807) is 23.2 Å². The van der Waals surface area contributed by atoms with Crippen molar-refractivity contribution in [2.75, 3.05) is 20.2 Å². The fourth-order valence-electron chi connectivity index (χ4n) is 3.08. The van der Waals surface area contributed by atoms with E-state index in [0.717, 1.165) is 5.56 Å². The molecule has 1 aromatic heterocycles. The predicted molar refractivity (Wildman–Crippen MR) is 96.6 cm³/mol. The number of oxazole rings is 1. The first-order valence-electron chi connectivity index (χ1n) is 8.63. The molecule has 2 heterocycles. The van der Waals surface area contributed by atoms with E-state index < -0.39 is 0 Å². The Kier molecular flexibility index (Phi) is 5.93. The summed E-state index contributed by atoms with van der Waals surface area (Å²) < 4.78 is 10.5. The SMILES string of the molecule is COC(=O)C1CCN(C(=O)CCc2ncc(-c3ccc(Cl)cc3)o2)CC1. The Morgan fingerprint density at radius 3 is 2.62 bits per heavy atom. The van der Waals surface area contributed by atoms with Crippen LogP contribution in [0.15, 0.2) is 34.9 Å². The summed E-state index contributed by atoms with van der Waals surface area (Å²) in [7, 11) is 1.40. The van der Waals surface area contributed by atoms with Crippen LogP contribution < -0.4 is 0 Å². The molecule has 1 aromatic carbocycles. The number of aryl methyl sites for hydroxylation is 1. The van der Waals surface area contributed by atoms with Gasteiger partial charge in [0.1, 0.15) is 0 Å². The van der Waals surface area contributed by atoms with E-state index in [1.165, 1.54) is 7.11 Å². The number of piperidine rings is 1. The average molecular weight is 377 g/mol. The lowest BCUT2D eigenvalue weighted by Crippen LogP contribution is -2.40. The van der Waals surface area contributed by atoms with Crippen LogP contribution in [-0.4, -0.2) is 42.0 Å². The van der Waals surface area contributed by atoms with Crippen molar-refractivity contribution in [3.63, 3.8) is 0 Å². The number of esters is 1. The molecule has 3 rings (SSSR count). The van der Waals surface area contributed by atoms with Crippen LogP contribution in [0.4, 0.5) is 0 Å². The predicted octanol–water partition coefficient (Wildman–Crippen LogP) is 3.34. The van der Waals surface area contributed by atoms with Crippen LogP contribution in [0.2, 0.25) is 5.02 Å². The fraction of sp³-hybridized carbons (Fsp3) is 0.421. The molecule has 1 amide bonds. The van der Waals surface area contributed by atoms with Crippen LogP contribution in [0.5, 0.6) is 0 Å². The number of halogens is 1. The number of ether oxygens (including phenoxy) is 1. The summed E-state index contributed by atoms with van der Waals surface area (Å²) >= 11 is 5.88. The summed E-state index contributed by atoms with van der Waals surface area (Å²) in [4.78, 5) is 29.9. The molecule has 1 saturated heterocycles. The van der Waals surface area contributed by atoms with Crippen molar-refractivity contribution in [3.8, 4) is 11.3 Å². The largest absolute Gasteiger partial charge is 0.469 e. The average Bonchev–Trinajstić information content (AvgIpc) is 3.15. The minimum atomic E-state index is -0.188. The second-order valence-corrected chi connectivity index (χ2v) is 6.74. The minimum Gasteiger partial charge on any atom is -0.469 e. The maximum atomic E-state index is 12.4. The Morgan fingerprint density at radius 2 is 1.96 bits per heavy atom. The number of benzene rings is 1. The number of nitrogens with zero attached hydrogens (tertiary/aromatic N) is 2. The number of amides is 1. The number of methoxy groups -OCH3 is 1. The van der Waals surface area contributed by atoms with E-state index in [0.29, 0.717) is 55.4 Å². The van der Waals surface area contributed by atoms with Crippen molar-refractivity contribution in [2.45, 2.75) is 25.7 Å². The normalized spacial score (nSPS) is 15.1. The molecule has 0 unspecified atom stereocenters. The monoisotopic (exact) mass is 376 g/mol. The molecule has 0 radical (unpaired) electrons. The number of hydrogen-bond donors (Lipinski definition) is 0. The second kappa shape index (κ2) is 8.36. The van der Waals surface area contributed by atoms with E-state index in [4.69, 9.17) is 20.8 Å². The minimum absolute atomic E-state index is 0.0551. The van der Waals surface area contributed by atoms with Crippen molar-refractivity contribution in [1.29, 1.82) is 0 Å². The van der Waals surface area contributed by atoms with Crippen LogP contribution in [0.1, 0.15) is 25.2 Å².